The molecule has 2 aromatic rings. The maximum Gasteiger partial charge on any atom is 0.375 e. The van der Waals surface area contributed by atoms with Crippen LogP contribution in [0, 0.1) is 17.8 Å². The van der Waals surface area contributed by atoms with Gasteiger partial charge in [0.1, 0.15) is 5.69 Å². The number of amides is 1. The van der Waals surface area contributed by atoms with Crippen molar-refractivity contribution < 1.29 is 23.5 Å². The molecule has 0 radical (unpaired) electrons. The summed E-state index contributed by atoms with van der Waals surface area (Å²) in [6, 6.07) is 0. The van der Waals surface area contributed by atoms with E-state index in [1.54, 1.807) is 11.6 Å². The quantitative estimate of drug-likeness (QED) is 0.683. The lowest BCUT2D eigenvalue weighted by Crippen LogP contribution is -2.40. The Hall–Kier alpha value is -2.68. The molecule has 174 valence electrons. The number of esters is 1. The minimum absolute atomic E-state index is 0.00370. The van der Waals surface area contributed by atoms with E-state index in [0.717, 1.165) is 30.5 Å². The van der Waals surface area contributed by atoms with Crippen LogP contribution in [0.25, 0.3) is 0 Å². The number of aromatic nitrogens is 3. The number of rotatable bonds is 6. The van der Waals surface area contributed by atoms with Crippen LogP contribution >= 0.6 is 0 Å². The monoisotopic (exact) mass is 444 g/mol. The highest BCUT2D eigenvalue weighted by Gasteiger charge is 2.40. The van der Waals surface area contributed by atoms with Crippen molar-refractivity contribution in [2.24, 2.45) is 10.8 Å². The molecule has 0 unspecified atom stereocenters. The van der Waals surface area contributed by atoms with Gasteiger partial charge < -0.3 is 19.2 Å². The number of hydrogen-bond donors (Lipinski definition) is 1. The number of hydrogen-bond acceptors (Lipinski definition) is 7. The van der Waals surface area contributed by atoms with Crippen molar-refractivity contribution in [3.05, 3.63) is 34.8 Å². The average molecular weight is 445 g/mol. The lowest BCUT2D eigenvalue weighted by Gasteiger charge is -2.36. The molecule has 4 heterocycles. The van der Waals surface area contributed by atoms with E-state index in [0.29, 0.717) is 44.3 Å². The topological polar surface area (TPSA) is 108 Å². The van der Waals surface area contributed by atoms with E-state index in [2.05, 4.69) is 10.3 Å². The number of aryl methyl sites for hydroxylation is 2. The molecule has 1 spiro atoms. The summed E-state index contributed by atoms with van der Waals surface area (Å²) in [6.45, 7) is 10.6. The fourth-order valence-corrected chi connectivity index (χ4v) is 4.60. The number of nitrogens with one attached hydrogen (secondary N) is 1. The van der Waals surface area contributed by atoms with Crippen molar-refractivity contribution in [2.45, 2.75) is 59.9 Å². The van der Waals surface area contributed by atoms with Crippen LogP contribution in [-0.2, 0) is 28.9 Å². The molecule has 0 atom stereocenters. The third kappa shape index (κ3) is 4.57. The maximum absolute atomic E-state index is 13.0. The molecule has 9 nitrogen and oxygen atoms in total. The molecule has 1 N–H and O–H groups in total. The summed E-state index contributed by atoms with van der Waals surface area (Å²) in [5.41, 5.74) is 2.21. The predicted octanol–water partition coefficient (Wildman–Crippen LogP) is 2.71. The van der Waals surface area contributed by atoms with Gasteiger partial charge in [0, 0.05) is 50.6 Å². The molecule has 2 aromatic heterocycles. The summed E-state index contributed by atoms with van der Waals surface area (Å²) >= 11 is 0. The van der Waals surface area contributed by atoms with Crippen molar-refractivity contribution in [1.29, 1.82) is 0 Å². The van der Waals surface area contributed by atoms with Gasteiger partial charge in [-0.1, -0.05) is 13.8 Å². The standard InChI is InChI=1S/C23H32N4O5/c1-5-27-19-16(10-23(13-25-20(19)28)6-8-30-9-7-23)17(26-27)11-22(3,4)14-31-21(29)18-12-24-15(2)32-18/h12H,5-11,13-14H2,1-4H3,(H,25,28). The summed E-state index contributed by atoms with van der Waals surface area (Å²) in [5, 5.41) is 7.94. The number of carbonyl (C=O) groups is 2. The number of oxazole rings is 1. The first kappa shape index (κ1) is 22.5. The molecule has 4 rings (SSSR count). The van der Waals surface area contributed by atoms with Gasteiger partial charge in [-0.3, -0.25) is 9.48 Å². The van der Waals surface area contributed by atoms with E-state index in [9.17, 15) is 9.59 Å². The molecule has 32 heavy (non-hydrogen) atoms. The summed E-state index contributed by atoms with van der Waals surface area (Å²) in [4.78, 5) is 29.2. The summed E-state index contributed by atoms with van der Waals surface area (Å²) in [7, 11) is 0. The number of carbonyl (C=O) groups excluding carboxylic acids is 2. The van der Waals surface area contributed by atoms with Crippen LogP contribution in [0.5, 0.6) is 0 Å². The average Bonchev–Trinajstić information content (AvgIpc) is 3.31. The molecule has 0 aliphatic carbocycles. The molecule has 0 bridgehead atoms. The summed E-state index contributed by atoms with van der Waals surface area (Å²) in [6.07, 6.45) is 4.60. The highest BCUT2D eigenvalue weighted by molar-refractivity contribution is 5.94. The van der Waals surface area contributed by atoms with Crippen molar-refractivity contribution in [2.75, 3.05) is 26.4 Å². The van der Waals surface area contributed by atoms with Crippen LogP contribution in [0.4, 0.5) is 0 Å². The van der Waals surface area contributed by atoms with Gasteiger partial charge in [-0.2, -0.15) is 5.10 Å². The summed E-state index contributed by atoms with van der Waals surface area (Å²) in [5.74, 6) is -0.0732. The fraction of sp³-hybridized carbons (Fsp3) is 0.652. The second-order valence-electron chi connectivity index (χ2n) is 9.72. The van der Waals surface area contributed by atoms with Gasteiger partial charge in [0.2, 0.25) is 5.76 Å². The molecule has 1 fully saturated rings. The van der Waals surface area contributed by atoms with Crippen LogP contribution in [-0.4, -0.2) is 53.0 Å². The predicted molar refractivity (Wildman–Crippen MR) is 115 cm³/mol. The second kappa shape index (κ2) is 8.69. The van der Waals surface area contributed by atoms with Gasteiger partial charge in [-0.05, 0) is 31.6 Å². The van der Waals surface area contributed by atoms with Crippen molar-refractivity contribution in [1.82, 2.24) is 20.1 Å². The van der Waals surface area contributed by atoms with Crippen LogP contribution in [0.2, 0.25) is 0 Å². The first-order valence-electron chi connectivity index (χ1n) is 11.3. The highest BCUT2D eigenvalue weighted by atomic mass is 16.5. The molecular formula is C23H32N4O5. The van der Waals surface area contributed by atoms with Gasteiger partial charge in [-0.15, -0.1) is 0 Å². The lowest BCUT2D eigenvalue weighted by molar-refractivity contribution is 0.0159. The van der Waals surface area contributed by atoms with E-state index >= 15 is 0 Å². The second-order valence-corrected chi connectivity index (χ2v) is 9.72. The van der Waals surface area contributed by atoms with Crippen LogP contribution in [0.1, 0.15) is 71.8 Å². The zero-order valence-corrected chi connectivity index (χ0v) is 19.3. The minimum atomic E-state index is -0.530. The van der Waals surface area contributed by atoms with Gasteiger partial charge in [0.15, 0.2) is 5.89 Å². The lowest BCUT2D eigenvalue weighted by atomic mass is 9.74. The number of fused-ring (bicyclic) bond motifs is 1. The fourth-order valence-electron chi connectivity index (χ4n) is 4.60. The molecule has 1 saturated heterocycles. The van der Waals surface area contributed by atoms with E-state index in [-0.39, 0.29) is 29.1 Å². The Kier molecular flexibility index (Phi) is 6.11. The Bertz CT molecular complexity index is 1000. The van der Waals surface area contributed by atoms with Crippen LogP contribution < -0.4 is 5.32 Å². The van der Waals surface area contributed by atoms with E-state index < -0.39 is 5.97 Å². The van der Waals surface area contributed by atoms with Crippen molar-refractivity contribution in [3.8, 4) is 0 Å². The normalized spacial score (nSPS) is 18.2. The van der Waals surface area contributed by atoms with E-state index in [4.69, 9.17) is 19.0 Å². The third-order valence-corrected chi connectivity index (χ3v) is 6.44. The van der Waals surface area contributed by atoms with Crippen molar-refractivity contribution in [3.63, 3.8) is 0 Å². The molecule has 0 aromatic carbocycles. The molecule has 9 heteroatoms. The Morgan fingerprint density at radius 3 is 2.75 bits per heavy atom. The Balaban J connectivity index is 1.55. The third-order valence-electron chi connectivity index (χ3n) is 6.44. The SMILES string of the molecule is CCn1nc(CC(C)(C)COC(=O)c2cnc(C)o2)c2c1C(=O)NCC1(CCOCC1)C2. The maximum atomic E-state index is 13.0. The molecule has 2 aliphatic rings. The Morgan fingerprint density at radius 1 is 1.34 bits per heavy atom. The van der Waals surface area contributed by atoms with E-state index in [1.165, 1.54) is 6.20 Å². The smallest absolute Gasteiger partial charge is 0.375 e. The van der Waals surface area contributed by atoms with Gasteiger partial charge in [-0.25, -0.2) is 9.78 Å². The highest BCUT2D eigenvalue weighted by Crippen LogP contribution is 2.38. The summed E-state index contributed by atoms with van der Waals surface area (Å²) < 4.78 is 18.2. The zero-order valence-electron chi connectivity index (χ0n) is 19.3. The van der Waals surface area contributed by atoms with Crippen LogP contribution in [0.3, 0.4) is 0 Å². The molecular weight excluding hydrogens is 412 g/mol. The zero-order chi connectivity index (χ0) is 22.9. The van der Waals surface area contributed by atoms with E-state index in [1.807, 2.05) is 20.8 Å². The Morgan fingerprint density at radius 2 is 2.09 bits per heavy atom. The minimum Gasteiger partial charge on any atom is -0.459 e. The van der Waals surface area contributed by atoms with Crippen molar-refractivity contribution >= 4 is 11.9 Å². The molecule has 1 amide bonds. The molecule has 2 aliphatic heterocycles. The van der Waals surface area contributed by atoms with Gasteiger partial charge in [0.25, 0.3) is 5.91 Å². The first-order valence-corrected chi connectivity index (χ1v) is 11.3. The number of ether oxygens (including phenoxy) is 2. The molecule has 0 saturated carbocycles. The number of nitrogens with zero attached hydrogens (tertiary/aromatic N) is 3. The van der Waals surface area contributed by atoms with Gasteiger partial charge >= 0.3 is 5.97 Å². The first-order chi connectivity index (χ1) is 15.2. The Labute approximate surface area is 187 Å². The van der Waals surface area contributed by atoms with Crippen LogP contribution in [0.15, 0.2) is 10.6 Å². The largest absolute Gasteiger partial charge is 0.459 e. The van der Waals surface area contributed by atoms with Gasteiger partial charge in [0.05, 0.1) is 18.5 Å².